The van der Waals surface area contributed by atoms with Crippen LogP contribution in [-0.4, -0.2) is 34.1 Å². The van der Waals surface area contributed by atoms with Gasteiger partial charge in [0.25, 0.3) is 5.89 Å². The number of hydrogen-bond donors (Lipinski definition) is 2. The van der Waals surface area contributed by atoms with Crippen LogP contribution in [0.1, 0.15) is 31.5 Å². The molecular weight excluding hydrogens is 226 g/mol. The van der Waals surface area contributed by atoms with E-state index in [9.17, 15) is 5.11 Å². The summed E-state index contributed by atoms with van der Waals surface area (Å²) in [6, 6.07) is 0. The maximum absolute atomic E-state index is 10.3. The van der Waals surface area contributed by atoms with Gasteiger partial charge in [0.15, 0.2) is 5.82 Å². The zero-order valence-electron chi connectivity index (χ0n) is 9.40. The quantitative estimate of drug-likeness (QED) is 0.818. The molecule has 2 rings (SSSR count). The molecule has 0 atom stereocenters. The lowest BCUT2D eigenvalue weighted by molar-refractivity contribution is -0.0228. The van der Waals surface area contributed by atoms with Crippen molar-refractivity contribution in [2.45, 2.75) is 31.1 Å². The summed E-state index contributed by atoms with van der Waals surface area (Å²) in [6.07, 6.45) is 1.27. The minimum atomic E-state index is -0.923. The molecule has 1 fully saturated rings. The third-order valence-electron chi connectivity index (χ3n) is 2.73. The fraction of sp³-hybridized carbons (Fsp3) is 0.800. The molecule has 1 saturated heterocycles. The van der Waals surface area contributed by atoms with Crippen molar-refractivity contribution in [3.63, 3.8) is 0 Å². The van der Waals surface area contributed by atoms with E-state index in [1.165, 1.54) is 0 Å². The molecule has 6 heteroatoms. The lowest BCUT2D eigenvalue weighted by Crippen LogP contribution is -2.39. The van der Waals surface area contributed by atoms with Crippen LogP contribution in [0.25, 0.3) is 0 Å². The van der Waals surface area contributed by atoms with E-state index in [0.29, 0.717) is 24.6 Å². The maximum Gasteiger partial charge on any atom is 0.258 e. The number of nitrogens with zero attached hydrogens (tertiary/aromatic N) is 2. The van der Waals surface area contributed by atoms with Gasteiger partial charge < -0.3 is 14.9 Å². The highest BCUT2D eigenvalue weighted by atomic mass is 32.2. The largest absolute Gasteiger partial charge is 0.380 e. The lowest BCUT2D eigenvalue weighted by atomic mass is 9.92. The van der Waals surface area contributed by atoms with Crippen molar-refractivity contribution < 1.29 is 9.63 Å². The Morgan fingerprint density at radius 2 is 2.25 bits per heavy atom. The first kappa shape index (κ1) is 11.9. The summed E-state index contributed by atoms with van der Waals surface area (Å²) in [5.41, 5.74) is -0.923. The van der Waals surface area contributed by atoms with Gasteiger partial charge in [0, 0.05) is 0 Å². The van der Waals surface area contributed by atoms with Crippen LogP contribution in [0.3, 0.4) is 0 Å². The summed E-state index contributed by atoms with van der Waals surface area (Å²) in [6.45, 7) is 3.67. The van der Waals surface area contributed by atoms with E-state index in [1.807, 2.05) is 0 Å². The molecule has 0 amide bonds. The van der Waals surface area contributed by atoms with E-state index in [0.717, 1.165) is 24.6 Å². The van der Waals surface area contributed by atoms with Gasteiger partial charge in [-0.15, -0.1) is 0 Å². The summed E-state index contributed by atoms with van der Waals surface area (Å²) in [5.74, 6) is 2.82. The fourth-order valence-electron chi connectivity index (χ4n) is 1.75. The van der Waals surface area contributed by atoms with Crippen LogP contribution in [0.5, 0.6) is 0 Å². The predicted octanol–water partition coefficient (Wildman–Crippen LogP) is 0.894. The van der Waals surface area contributed by atoms with Gasteiger partial charge in [0.2, 0.25) is 0 Å². The highest BCUT2D eigenvalue weighted by Crippen LogP contribution is 2.29. The van der Waals surface area contributed by atoms with Gasteiger partial charge >= 0.3 is 0 Å². The van der Waals surface area contributed by atoms with Crippen LogP contribution in [0, 0.1) is 0 Å². The van der Waals surface area contributed by atoms with Gasteiger partial charge in [-0.05, 0) is 31.7 Å². The SMILES string of the molecule is CCSCc1noc(C2(O)CCNCC2)n1. The van der Waals surface area contributed by atoms with Crippen LogP contribution in [0.4, 0.5) is 0 Å². The Morgan fingerprint density at radius 1 is 1.50 bits per heavy atom. The zero-order chi connectivity index (χ0) is 11.4. The third kappa shape index (κ3) is 2.56. The van der Waals surface area contributed by atoms with Crippen molar-refractivity contribution >= 4 is 11.8 Å². The molecule has 1 aliphatic rings. The lowest BCUT2D eigenvalue weighted by Gasteiger charge is -2.28. The minimum absolute atomic E-state index is 0.376. The molecule has 0 aliphatic carbocycles. The molecule has 0 unspecified atom stereocenters. The number of aliphatic hydroxyl groups is 1. The molecule has 1 aromatic rings. The van der Waals surface area contributed by atoms with Crippen molar-refractivity contribution in [2.75, 3.05) is 18.8 Å². The van der Waals surface area contributed by atoms with Crippen LogP contribution in [0.2, 0.25) is 0 Å². The van der Waals surface area contributed by atoms with E-state index in [-0.39, 0.29) is 0 Å². The molecule has 16 heavy (non-hydrogen) atoms. The smallest absolute Gasteiger partial charge is 0.258 e. The van der Waals surface area contributed by atoms with Crippen LogP contribution >= 0.6 is 11.8 Å². The summed E-state index contributed by atoms with van der Waals surface area (Å²) >= 11 is 1.74. The second kappa shape index (κ2) is 5.16. The van der Waals surface area contributed by atoms with Crippen LogP contribution in [-0.2, 0) is 11.4 Å². The first-order chi connectivity index (χ1) is 7.74. The Bertz CT molecular complexity index is 337. The Morgan fingerprint density at radius 3 is 2.94 bits per heavy atom. The predicted molar refractivity (Wildman–Crippen MR) is 62.1 cm³/mol. The molecule has 1 aliphatic heterocycles. The highest BCUT2D eigenvalue weighted by molar-refractivity contribution is 7.98. The van der Waals surface area contributed by atoms with Gasteiger partial charge in [0.05, 0.1) is 5.75 Å². The molecule has 0 radical (unpaired) electrons. The number of rotatable bonds is 4. The summed E-state index contributed by atoms with van der Waals surface area (Å²) in [5, 5.41) is 17.4. The average Bonchev–Trinajstić information content (AvgIpc) is 2.77. The van der Waals surface area contributed by atoms with E-state index >= 15 is 0 Å². The van der Waals surface area contributed by atoms with Crippen LogP contribution in [0.15, 0.2) is 4.52 Å². The number of aromatic nitrogens is 2. The summed E-state index contributed by atoms with van der Waals surface area (Å²) < 4.78 is 5.15. The number of piperidine rings is 1. The minimum Gasteiger partial charge on any atom is -0.380 e. The van der Waals surface area contributed by atoms with Crippen molar-refractivity contribution in [3.8, 4) is 0 Å². The van der Waals surface area contributed by atoms with E-state index < -0.39 is 5.60 Å². The van der Waals surface area contributed by atoms with Crippen molar-refractivity contribution in [3.05, 3.63) is 11.7 Å². The fourth-order valence-corrected chi connectivity index (χ4v) is 2.25. The molecule has 90 valence electrons. The second-order valence-electron chi connectivity index (χ2n) is 3.93. The molecule has 5 nitrogen and oxygen atoms in total. The third-order valence-corrected chi connectivity index (χ3v) is 3.60. The number of hydrogen-bond acceptors (Lipinski definition) is 6. The van der Waals surface area contributed by atoms with E-state index in [2.05, 4.69) is 22.4 Å². The topological polar surface area (TPSA) is 71.2 Å². The Kier molecular flexibility index (Phi) is 3.83. The van der Waals surface area contributed by atoms with Gasteiger partial charge in [-0.25, -0.2) is 0 Å². The van der Waals surface area contributed by atoms with Gasteiger partial charge in [-0.3, -0.25) is 0 Å². The van der Waals surface area contributed by atoms with Crippen molar-refractivity contribution in [1.82, 2.24) is 15.5 Å². The molecule has 1 aromatic heterocycles. The van der Waals surface area contributed by atoms with Gasteiger partial charge in [-0.1, -0.05) is 12.1 Å². The molecule has 0 spiro atoms. The molecular formula is C10H17N3O2S. The second-order valence-corrected chi connectivity index (χ2v) is 5.21. The van der Waals surface area contributed by atoms with Gasteiger partial charge in [-0.2, -0.15) is 16.7 Å². The Balaban J connectivity index is 2.05. The average molecular weight is 243 g/mol. The summed E-state index contributed by atoms with van der Waals surface area (Å²) in [4.78, 5) is 4.27. The normalized spacial score (nSPS) is 19.9. The summed E-state index contributed by atoms with van der Waals surface area (Å²) in [7, 11) is 0. The molecule has 0 bridgehead atoms. The maximum atomic E-state index is 10.3. The van der Waals surface area contributed by atoms with Crippen LogP contribution < -0.4 is 5.32 Å². The first-order valence-corrected chi connectivity index (χ1v) is 6.74. The standard InChI is InChI=1S/C10H17N3O2S/c1-2-16-7-8-12-9(15-13-8)10(14)3-5-11-6-4-10/h11,14H,2-7H2,1H3. The Hall–Kier alpha value is -0.590. The molecule has 2 heterocycles. The molecule has 2 N–H and O–H groups in total. The highest BCUT2D eigenvalue weighted by Gasteiger charge is 2.36. The van der Waals surface area contributed by atoms with Crippen molar-refractivity contribution in [1.29, 1.82) is 0 Å². The van der Waals surface area contributed by atoms with E-state index in [1.54, 1.807) is 11.8 Å². The first-order valence-electron chi connectivity index (χ1n) is 5.58. The molecule has 0 aromatic carbocycles. The number of nitrogens with one attached hydrogen (secondary N) is 1. The molecule has 0 saturated carbocycles. The van der Waals surface area contributed by atoms with E-state index in [4.69, 9.17) is 4.52 Å². The monoisotopic (exact) mass is 243 g/mol. The Labute approximate surface area is 99.0 Å². The number of thioether (sulfide) groups is 1. The van der Waals surface area contributed by atoms with Gasteiger partial charge in [0.1, 0.15) is 5.60 Å². The van der Waals surface area contributed by atoms with Crippen molar-refractivity contribution in [2.24, 2.45) is 0 Å². The zero-order valence-corrected chi connectivity index (χ0v) is 10.2.